The van der Waals surface area contributed by atoms with Crippen molar-refractivity contribution in [2.45, 2.75) is 6.92 Å². The van der Waals surface area contributed by atoms with Gasteiger partial charge >= 0.3 is 7.60 Å². The molecule has 2 aromatic rings. The average Bonchev–Trinajstić information content (AvgIpc) is 2.54. The van der Waals surface area contributed by atoms with Crippen molar-refractivity contribution >= 4 is 18.7 Å². The third-order valence-corrected chi connectivity index (χ3v) is 4.47. The topological polar surface area (TPSA) is 107 Å². The van der Waals surface area contributed by atoms with Gasteiger partial charge in [-0.05, 0) is 31.2 Å². The highest BCUT2D eigenvalue weighted by Gasteiger charge is 2.29. The normalized spacial score (nSPS) is 14.3. The number of hydrogen-bond acceptors (Lipinski definition) is 6. The number of nitrogens with zero attached hydrogens (tertiary/aromatic N) is 2. The molecule has 0 bridgehead atoms. The molecule has 0 amide bonds. The Morgan fingerprint density at radius 3 is 2.68 bits per heavy atom. The van der Waals surface area contributed by atoms with E-state index in [0.717, 1.165) is 0 Å². The zero-order valence-electron chi connectivity index (χ0n) is 11.9. The Bertz CT molecular complexity index is 706. The summed E-state index contributed by atoms with van der Waals surface area (Å²) in [6, 6.07) is 11.4. The van der Waals surface area contributed by atoms with E-state index in [0.29, 0.717) is 5.30 Å². The Balaban J connectivity index is 2.28. The van der Waals surface area contributed by atoms with Crippen LogP contribution >= 0.6 is 7.60 Å². The summed E-state index contributed by atoms with van der Waals surface area (Å²) < 4.78 is 23.0. The Morgan fingerprint density at radius 1 is 1.32 bits per heavy atom. The van der Waals surface area contributed by atoms with Gasteiger partial charge in [-0.15, -0.1) is 0 Å². The molecule has 3 N–H and O–H groups in total. The van der Waals surface area contributed by atoms with Crippen LogP contribution in [-0.2, 0) is 13.7 Å². The van der Waals surface area contributed by atoms with Gasteiger partial charge in [0.1, 0.15) is 5.75 Å². The highest BCUT2D eigenvalue weighted by Crippen LogP contribution is 2.47. The van der Waals surface area contributed by atoms with Crippen LogP contribution in [0.4, 0.5) is 0 Å². The summed E-state index contributed by atoms with van der Waals surface area (Å²) in [7, 11) is -3.64. The van der Waals surface area contributed by atoms with Crippen molar-refractivity contribution in [1.29, 1.82) is 0 Å². The Hall–Kier alpha value is -2.37. The molecule has 22 heavy (non-hydrogen) atoms. The van der Waals surface area contributed by atoms with Crippen molar-refractivity contribution in [3.63, 3.8) is 0 Å². The lowest BCUT2D eigenvalue weighted by Gasteiger charge is -2.15. The van der Waals surface area contributed by atoms with Gasteiger partial charge in [0.2, 0.25) is 0 Å². The third kappa shape index (κ3) is 3.63. The van der Waals surface area contributed by atoms with E-state index in [1.807, 2.05) is 0 Å². The summed E-state index contributed by atoms with van der Waals surface area (Å²) in [5, 5.41) is 13.6. The molecule has 0 saturated carbocycles. The fourth-order valence-corrected chi connectivity index (χ4v) is 3.02. The molecular weight excluding hydrogens is 305 g/mol. The Kier molecular flexibility index (Phi) is 5.14. The van der Waals surface area contributed by atoms with Crippen LogP contribution in [0.1, 0.15) is 12.6 Å². The molecule has 0 spiro atoms. The van der Waals surface area contributed by atoms with Gasteiger partial charge in [-0.25, -0.2) is 9.55 Å². The number of rotatable bonds is 6. The lowest BCUT2D eigenvalue weighted by molar-refractivity contribution is 0.228. The number of pyridine rings is 1. The smallest absolute Gasteiger partial charge is 0.430 e. The number of benzene rings is 1. The SMILES string of the molecule is CCOP(=O)(O/N=C(\N)c1ncccc1O)c1ccccc1. The van der Waals surface area contributed by atoms with Gasteiger partial charge in [-0.2, -0.15) is 0 Å². The van der Waals surface area contributed by atoms with Crippen LogP contribution in [-0.4, -0.2) is 22.5 Å². The lowest BCUT2D eigenvalue weighted by atomic mass is 10.3. The van der Waals surface area contributed by atoms with E-state index in [2.05, 4.69) is 10.1 Å². The van der Waals surface area contributed by atoms with Gasteiger partial charge in [0.05, 0.1) is 11.9 Å². The first-order chi connectivity index (χ1) is 10.6. The minimum absolute atomic E-state index is 0.0404. The molecule has 116 valence electrons. The largest absolute Gasteiger partial charge is 0.506 e. The average molecular weight is 321 g/mol. The maximum atomic E-state index is 12.7. The summed E-state index contributed by atoms with van der Waals surface area (Å²) in [6.45, 7) is 1.87. The fourth-order valence-electron chi connectivity index (χ4n) is 1.66. The van der Waals surface area contributed by atoms with Crippen LogP contribution < -0.4 is 11.0 Å². The maximum absolute atomic E-state index is 12.7. The summed E-state index contributed by atoms with van der Waals surface area (Å²) >= 11 is 0. The first-order valence-electron chi connectivity index (χ1n) is 6.53. The van der Waals surface area contributed by atoms with Crippen molar-refractivity contribution in [2.24, 2.45) is 10.9 Å². The zero-order chi connectivity index (χ0) is 16.0. The summed E-state index contributed by atoms with van der Waals surface area (Å²) in [5.74, 6) is -0.354. The Morgan fingerprint density at radius 2 is 2.05 bits per heavy atom. The lowest BCUT2D eigenvalue weighted by Crippen LogP contribution is -2.17. The molecule has 1 atom stereocenters. The van der Waals surface area contributed by atoms with E-state index in [-0.39, 0.29) is 23.9 Å². The molecule has 0 aliphatic heterocycles. The molecule has 7 nitrogen and oxygen atoms in total. The monoisotopic (exact) mass is 321 g/mol. The van der Waals surface area contributed by atoms with Gasteiger partial charge in [-0.1, -0.05) is 23.4 Å². The molecule has 0 radical (unpaired) electrons. The quantitative estimate of drug-likeness (QED) is 0.364. The van der Waals surface area contributed by atoms with Crippen LogP contribution in [0.3, 0.4) is 0 Å². The number of oxime groups is 1. The second-order valence-corrected chi connectivity index (χ2v) is 6.11. The maximum Gasteiger partial charge on any atom is 0.430 e. The predicted octanol–water partition coefficient (Wildman–Crippen LogP) is 1.98. The van der Waals surface area contributed by atoms with Crippen LogP contribution in [0.25, 0.3) is 0 Å². The molecule has 0 fully saturated rings. The van der Waals surface area contributed by atoms with Crippen LogP contribution in [0.15, 0.2) is 53.8 Å². The van der Waals surface area contributed by atoms with Crippen molar-refractivity contribution < 1.29 is 18.8 Å². The van der Waals surface area contributed by atoms with E-state index in [4.69, 9.17) is 14.9 Å². The molecule has 1 heterocycles. The first-order valence-corrected chi connectivity index (χ1v) is 8.08. The third-order valence-electron chi connectivity index (χ3n) is 2.65. The number of aromatic nitrogens is 1. The minimum Gasteiger partial charge on any atom is -0.506 e. The van der Waals surface area contributed by atoms with Crippen molar-refractivity contribution in [3.05, 3.63) is 54.4 Å². The molecule has 2 rings (SSSR count). The first kappa shape index (κ1) is 16.0. The van der Waals surface area contributed by atoms with Gasteiger partial charge in [0.25, 0.3) is 0 Å². The van der Waals surface area contributed by atoms with E-state index in [1.165, 1.54) is 12.3 Å². The van der Waals surface area contributed by atoms with Gasteiger partial charge in [-0.3, -0.25) is 4.52 Å². The molecule has 1 aromatic carbocycles. The number of amidine groups is 1. The molecule has 0 aliphatic carbocycles. The minimum atomic E-state index is -3.64. The number of hydrogen-bond donors (Lipinski definition) is 2. The van der Waals surface area contributed by atoms with Crippen molar-refractivity contribution in [2.75, 3.05) is 6.61 Å². The van der Waals surface area contributed by atoms with Crippen molar-refractivity contribution in [3.8, 4) is 5.75 Å². The highest BCUT2D eigenvalue weighted by atomic mass is 31.2. The van der Waals surface area contributed by atoms with Gasteiger partial charge in [0.15, 0.2) is 11.5 Å². The molecule has 1 unspecified atom stereocenters. The van der Waals surface area contributed by atoms with E-state index < -0.39 is 7.60 Å². The van der Waals surface area contributed by atoms with Crippen LogP contribution in [0.5, 0.6) is 5.75 Å². The summed E-state index contributed by atoms with van der Waals surface area (Å²) in [4.78, 5) is 3.88. The second-order valence-electron chi connectivity index (χ2n) is 4.18. The fraction of sp³-hybridized carbons (Fsp3) is 0.143. The van der Waals surface area contributed by atoms with E-state index in [9.17, 15) is 9.67 Å². The number of nitrogens with two attached hydrogens (primary N) is 1. The van der Waals surface area contributed by atoms with E-state index in [1.54, 1.807) is 43.3 Å². The van der Waals surface area contributed by atoms with Crippen LogP contribution in [0, 0.1) is 0 Å². The van der Waals surface area contributed by atoms with Crippen molar-refractivity contribution in [1.82, 2.24) is 4.98 Å². The Labute approximate surface area is 127 Å². The molecular formula is C14H16N3O4P. The zero-order valence-corrected chi connectivity index (χ0v) is 12.8. The van der Waals surface area contributed by atoms with Crippen LogP contribution in [0.2, 0.25) is 0 Å². The number of aromatic hydroxyl groups is 1. The molecule has 0 aliphatic rings. The molecule has 8 heteroatoms. The standard InChI is InChI=1S/C14H16N3O4P/c1-2-20-22(19,11-7-4-3-5-8-11)21-17-14(15)13-12(18)9-6-10-16-13/h3-10,18H,2H2,1H3,(H2,15,17). The van der Waals surface area contributed by atoms with Gasteiger partial charge < -0.3 is 15.5 Å². The predicted molar refractivity (Wildman–Crippen MR) is 83.0 cm³/mol. The van der Waals surface area contributed by atoms with E-state index >= 15 is 0 Å². The van der Waals surface area contributed by atoms with Gasteiger partial charge in [0, 0.05) is 6.20 Å². The second kappa shape index (κ2) is 7.06. The molecule has 0 saturated heterocycles. The molecule has 1 aromatic heterocycles. The highest BCUT2D eigenvalue weighted by molar-refractivity contribution is 7.62. The summed E-state index contributed by atoms with van der Waals surface area (Å²) in [6.07, 6.45) is 1.44. The summed E-state index contributed by atoms with van der Waals surface area (Å²) in [5.41, 5.74) is 5.74.